The number of para-hydroxylation sites is 1. The maximum atomic E-state index is 12.0. The fourth-order valence-corrected chi connectivity index (χ4v) is 1.82. The van der Waals surface area contributed by atoms with Crippen molar-refractivity contribution in [3.05, 3.63) is 78.6 Å². The molecule has 5 nitrogen and oxygen atoms in total. The van der Waals surface area contributed by atoms with Crippen LogP contribution in [0.2, 0.25) is 0 Å². The summed E-state index contributed by atoms with van der Waals surface area (Å²) in [6, 6.07) is 18.4. The molecule has 1 aromatic heterocycles. The Morgan fingerprint density at radius 1 is 0.864 bits per heavy atom. The number of benzene rings is 2. The van der Waals surface area contributed by atoms with Crippen molar-refractivity contribution in [2.75, 3.05) is 5.32 Å². The van der Waals surface area contributed by atoms with Crippen molar-refractivity contribution in [3.63, 3.8) is 0 Å². The molecule has 0 radical (unpaired) electrons. The maximum Gasteiger partial charge on any atom is 0.322 e. The standard InChI is InChI=1S/C17H13N3O2/c21-16(13-7-3-1-4-8-13)20-14-11-18-17(19-12-14)22-15-9-5-2-6-10-15/h1-12H,(H,20,21). The van der Waals surface area contributed by atoms with Gasteiger partial charge in [-0.3, -0.25) is 4.79 Å². The zero-order valence-electron chi connectivity index (χ0n) is 11.6. The van der Waals surface area contributed by atoms with Gasteiger partial charge in [-0.1, -0.05) is 36.4 Å². The van der Waals surface area contributed by atoms with E-state index in [-0.39, 0.29) is 11.9 Å². The third kappa shape index (κ3) is 3.46. The quantitative estimate of drug-likeness (QED) is 0.798. The Kier molecular flexibility index (Phi) is 4.06. The van der Waals surface area contributed by atoms with Gasteiger partial charge in [0.2, 0.25) is 0 Å². The molecule has 0 unspecified atom stereocenters. The molecule has 0 bridgehead atoms. The molecular formula is C17H13N3O2. The van der Waals surface area contributed by atoms with Crippen LogP contribution < -0.4 is 10.1 Å². The lowest BCUT2D eigenvalue weighted by Gasteiger charge is -2.06. The van der Waals surface area contributed by atoms with Crippen LogP contribution in [-0.2, 0) is 0 Å². The highest BCUT2D eigenvalue weighted by Crippen LogP contribution is 2.17. The second-order valence-corrected chi connectivity index (χ2v) is 4.49. The van der Waals surface area contributed by atoms with Crippen LogP contribution in [0.1, 0.15) is 10.4 Å². The number of hydrogen-bond donors (Lipinski definition) is 1. The van der Waals surface area contributed by atoms with E-state index in [1.54, 1.807) is 12.1 Å². The van der Waals surface area contributed by atoms with Crippen molar-refractivity contribution in [1.29, 1.82) is 0 Å². The molecule has 1 heterocycles. The minimum atomic E-state index is -0.207. The summed E-state index contributed by atoms with van der Waals surface area (Å²) in [5, 5.41) is 2.73. The zero-order chi connectivity index (χ0) is 15.2. The molecule has 1 N–H and O–H groups in total. The van der Waals surface area contributed by atoms with Gasteiger partial charge in [-0.25, -0.2) is 9.97 Å². The number of nitrogens with zero attached hydrogens (tertiary/aromatic N) is 2. The van der Waals surface area contributed by atoms with E-state index >= 15 is 0 Å². The van der Waals surface area contributed by atoms with E-state index in [4.69, 9.17) is 4.74 Å². The van der Waals surface area contributed by atoms with Gasteiger partial charge >= 0.3 is 6.01 Å². The van der Waals surface area contributed by atoms with E-state index < -0.39 is 0 Å². The number of amides is 1. The largest absolute Gasteiger partial charge is 0.424 e. The zero-order valence-corrected chi connectivity index (χ0v) is 11.6. The highest BCUT2D eigenvalue weighted by molar-refractivity contribution is 6.04. The summed E-state index contributed by atoms with van der Waals surface area (Å²) in [6.07, 6.45) is 3.01. The van der Waals surface area contributed by atoms with E-state index in [2.05, 4.69) is 15.3 Å². The molecule has 0 saturated heterocycles. The van der Waals surface area contributed by atoms with Crippen molar-refractivity contribution in [1.82, 2.24) is 9.97 Å². The van der Waals surface area contributed by atoms with Gasteiger partial charge < -0.3 is 10.1 Å². The van der Waals surface area contributed by atoms with Gasteiger partial charge in [0.25, 0.3) is 5.91 Å². The number of nitrogens with one attached hydrogen (secondary N) is 1. The van der Waals surface area contributed by atoms with Crippen LogP contribution in [0.4, 0.5) is 5.69 Å². The summed E-state index contributed by atoms with van der Waals surface area (Å²) < 4.78 is 5.49. The number of carbonyl (C=O) groups excluding carboxylic acids is 1. The van der Waals surface area contributed by atoms with Crippen molar-refractivity contribution in [2.24, 2.45) is 0 Å². The highest BCUT2D eigenvalue weighted by Gasteiger charge is 2.06. The first-order chi connectivity index (χ1) is 10.8. The van der Waals surface area contributed by atoms with Gasteiger partial charge in [0.15, 0.2) is 0 Å². The summed E-state index contributed by atoms with van der Waals surface area (Å²) in [5.41, 5.74) is 1.08. The lowest BCUT2D eigenvalue weighted by molar-refractivity contribution is 0.102. The second kappa shape index (κ2) is 6.49. The second-order valence-electron chi connectivity index (χ2n) is 4.49. The van der Waals surface area contributed by atoms with Gasteiger partial charge in [-0.2, -0.15) is 0 Å². The van der Waals surface area contributed by atoms with Crippen LogP contribution >= 0.6 is 0 Å². The third-order valence-electron chi connectivity index (χ3n) is 2.87. The molecule has 3 rings (SSSR count). The third-order valence-corrected chi connectivity index (χ3v) is 2.87. The van der Waals surface area contributed by atoms with Crippen LogP contribution in [0, 0.1) is 0 Å². The Balaban J connectivity index is 1.66. The Hall–Kier alpha value is -3.21. The fourth-order valence-electron chi connectivity index (χ4n) is 1.82. The number of rotatable bonds is 4. The molecule has 0 aliphatic heterocycles. The lowest BCUT2D eigenvalue weighted by atomic mass is 10.2. The fraction of sp³-hybridized carbons (Fsp3) is 0. The van der Waals surface area contributed by atoms with Gasteiger partial charge in [-0.05, 0) is 24.3 Å². The predicted molar refractivity (Wildman–Crippen MR) is 82.9 cm³/mol. The molecule has 0 fully saturated rings. The number of ether oxygens (including phenoxy) is 1. The summed E-state index contributed by atoms with van der Waals surface area (Å²) in [6.45, 7) is 0. The van der Waals surface area contributed by atoms with E-state index in [9.17, 15) is 4.79 Å². The van der Waals surface area contributed by atoms with Gasteiger partial charge in [0.05, 0.1) is 18.1 Å². The SMILES string of the molecule is O=C(Nc1cnc(Oc2ccccc2)nc1)c1ccccc1. The Morgan fingerprint density at radius 2 is 1.45 bits per heavy atom. The number of hydrogen-bond acceptors (Lipinski definition) is 4. The van der Waals surface area contributed by atoms with Gasteiger partial charge in [-0.15, -0.1) is 0 Å². The molecule has 1 amide bonds. The molecule has 3 aromatic rings. The van der Waals surface area contributed by atoms with E-state index in [0.717, 1.165) is 0 Å². The minimum Gasteiger partial charge on any atom is -0.424 e. The van der Waals surface area contributed by atoms with Crippen LogP contribution in [0.3, 0.4) is 0 Å². The molecule has 0 atom stereocenters. The smallest absolute Gasteiger partial charge is 0.322 e. The average Bonchev–Trinajstić information content (AvgIpc) is 2.58. The van der Waals surface area contributed by atoms with Crippen LogP contribution in [0.5, 0.6) is 11.8 Å². The van der Waals surface area contributed by atoms with Gasteiger partial charge in [0.1, 0.15) is 5.75 Å². The maximum absolute atomic E-state index is 12.0. The first-order valence-electron chi connectivity index (χ1n) is 6.72. The van der Waals surface area contributed by atoms with E-state index in [1.807, 2.05) is 48.5 Å². The van der Waals surface area contributed by atoms with Crippen molar-refractivity contribution < 1.29 is 9.53 Å². The molecule has 0 aliphatic carbocycles. The number of aromatic nitrogens is 2. The Morgan fingerprint density at radius 3 is 2.09 bits per heavy atom. The molecule has 108 valence electrons. The molecular weight excluding hydrogens is 278 g/mol. The Bertz CT molecular complexity index is 744. The Labute approximate surface area is 127 Å². The summed E-state index contributed by atoms with van der Waals surface area (Å²) in [7, 11) is 0. The number of anilines is 1. The summed E-state index contributed by atoms with van der Waals surface area (Å²) in [4.78, 5) is 20.1. The summed E-state index contributed by atoms with van der Waals surface area (Å²) in [5.74, 6) is 0.449. The van der Waals surface area contributed by atoms with E-state index in [1.165, 1.54) is 12.4 Å². The molecule has 0 spiro atoms. The normalized spacial score (nSPS) is 10.0. The molecule has 0 saturated carbocycles. The van der Waals surface area contributed by atoms with Crippen LogP contribution in [0.15, 0.2) is 73.1 Å². The summed E-state index contributed by atoms with van der Waals surface area (Å²) >= 11 is 0. The first-order valence-corrected chi connectivity index (χ1v) is 6.72. The average molecular weight is 291 g/mol. The van der Waals surface area contributed by atoms with Crippen LogP contribution in [-0.4, -0.2) is 15.9 Å². The van der Waals surface area contributed by atoms with Crippen LogP contribution in [0.25, 0.3) is 0 Å². The minimum absolute atomic E-state index is 0.207. The van der Waals surface area contributed by atoms with Gasteiger partial charge in [0, 0.05) is 5.56 Å². The van der Waals surface area contributed by atoms with Crippen molar-refractivity contribution in [3.8, 4) is 11.8 Å². The monoisotopic (exact) mass is 291 g/mol. The topological polar surface area (TPSA) is 64.1 Å². The molecule has 5 heteroatoms. The van der Waals surface area contributed by atoms with E-state index in [0.29, 0.717) is 17.0 Å². The highest BCUT2D eigenvalue weighted by atomic mass is 16.5. The van der Waals surface area contributed by atoms with Crippen molar-refractivity contribution in [2.45, 2.75) is 0 Å². The van der Waals surface area contributed by atoms with Crippen molar-refractivity contribution >= 4 is 11.6 Å². The molecule has 0 aliphatic rings. The molecule has 22 heavy (non-hydrogen) atoms. The first kappa shape index (κ1) is 13.8. The number of carbonyl (C=O) groups is 1. The molecule has 2 aromatic carbocycles. The lowest BCUT2D eigenvalue weighted by Crippen LogP contribution is -2.12. The predicted octanol–water partition coefficient (Wildman–Crippen LogP) is 3.52.